The molecular formula is C11H14ClN3O4S. The highest BCUT2D eigenvalue weighted by Crippen LogP contribution is 2.30. The van der Waals surface area contributed by atoms with Gasteiger partial charge < -0.3 is 5.32 Å². The maximum absolute atomic E-state index is 12.6. The van der Waals surface area contributed by atoms with E-state index in [0.29, 0.717) is 13.1 Å². The number of benzene rings is 1. The lowest BCUT2D eigenvalue weighted by molar-refractivity contribution is -0.387. The smallest absolute Gasteiger partial charge is 0.290 e. The van der Waals surface area contributed by atoms with Gasteiger partial charge in [-0.2, -0.15) is 4.31 Å². The predicted molar refractivity (Wildman–Crippen MR) is 74.3 cm³/mol. The molecule has 0 radical (unpaired) electrons. The molecule has 7 nitrogen and oxygen atoms in total. The first-order chi connectivity index (χ1) is 9.34. The predicted octanol–water partition coefficient (Wildman–Crippen LogP) is 1.23. The topological polar surface area (TPSA) is 92.6 Å². The van der Waals surface area contributed by atoms with Crippen molar-refractivity contribution in [3.63, 3.8) is 0 Å². The standard InChI is InChI=1S/C11H14ClN3O4S/c1-8-7-13-4-5-14(8)20(18,19)11-3-2-9(12)6-10(11)15(16)17/h2-3,6,8,13H,4-5,7H2,1H3/t8-/m1/s1. The zero-order valence-electron chi connectivity index (χ0n) is 10.7. The van der Waals surface area contributed by atoms with E-state index in [-0.39, 0.29) is 22.5 Å². The molecule has 1 heterocycles. The van der Waals surface area contributed by atoms with Gasteiger partial charge in [-0.15, -0.1) is 0 Å². The van der Waals surface area contributed by atoms with Crippen molar-refractivity contribution in [1.29, 1.82) is 0 Å². The van der Waals surface area contributed by atoms with E-state index in [1.54, 1.807) is 6.92 Å². The molecule has 1 aromatic carbocycles. The van der Waals surface area contributed by atoms with Crippen LogP contribution in [0.5, 0.6) is 0 Å². The summed E-state index contributed by atoms with van der Waals surface area (Å²) in [7, 11) is -3.91. The Labute approximate surface area is 121 Å². The Morgan fingerprint density at radius 3 is 2.80 bits per heavy atom. The highest BCUT2D eigenvalue weighted by molar-refractivity contribution is 7.89. The molecule has 1 fully saturated rings. The number of hydrogen-bond donors (Lipinski definition) is 1. The molecular weight excluding hydrogens is 306 g/mol. The average molecular weight is 320 g/mol. The summed E-state index contributed by atoms with van der Waals surface area (Å²) >= 11 is 5.70. The minimum atomic E-state index is -3.91. The van der Waals surface area contributed by atoms with Crippen molar-refractivity contribution in [3.05, 3.63) is 33.3 Å². The molecule has 1 aliphatic rings. The van der Waals surface area contributed by atoms with Gasteiger partial charge in [-0.1, -0.05) is 11.6 Å². The van der Waals surface area contributed by atoms with Crippen LogP contribution in [0.1, 0.15) is 6.92 Å². The van der Waals surface area contributed by atoms with Crippen molar-refractivity contribution in [2.45, 2.75) is 17.9 Å². The van der Waals surface area contributed by atoms with Crippen molar-refractivity contribution >= 4 is 27.3 Å². The highest BCUT2D eigenvalue weighted by atomic mass is 35.5. The Bertz CT molecular complexity index is 635. The molecule has 0 bridgehead atoms. The molecule has 0 saturated carbocycles. The number of nitrogens with zero attached hydrogens (tertiary/aromatic N) is 2. The highest BCUT2D eigenvalue weighted by Gasteiger charge is 2.35. The van der Waals surface area contributed by atoms with Gasteiger partial charge in [-0.3, -0.25) is 10.1 Å². The van der Waals surface area contributed by atoms with Crippen LogP contribution in [0, 0.1) is 10.1 Å². The van der Waals surface area contributed by atoms with E-state index in [1.165, 1.54) is 16.4 Å². The molecule has 110 valence electrons. The molecule has 9 heteroatoms. The summed E-state index contributed by atoms with van der Waals surface area (Å²) in [4.78, 5) is 9.99. The lowest BCUT2D eigenvalue weighted by Gasteiger charge is -2.32. The summed E-state index contributed by atoms with van der Waals surface area (Å²) in [5, 5.41) is 14.2. The zero-order valence-corrected chi connectivity index (χ0v) is 12.3. The molecule has 0 aromatic heterocycles. The fraction of sp³-hybridized carbons (Fsp3) is 0.455. The van der Waals surface area contributed by atoms with Crippen LogP contribution in [0.2, 0.25) is 5.02 Å². The quantitative estimate of drug-likeness (QED) is 0.668. The van der Waals surface area contributed by atoms with E-state index >= 15 is 0 Å². The fourth-order valence-electron chi connectivity index (χ4n) is 2.16. The largest absolute Gasteiger partial charge is 0.314 e. The zero-order chi connectivity index (χ0) is 14.9. The second-order valence-corrected chi connectivity index (χ2v) is 6.83. The summed E-state index contributed by atoms with van der Waals surface area (Å²) in [6.45, 7) is 3.07. The SMILES string of the molecule is C[C@@H]1CNCCN1S(=O)(=O)c1ccc(Cl)cc1[N+](=O)[O-]. The van der Waals surface area contributed by atoms with Crippen LogP contribution in [0.25, 0.3) is 0 Å². The minimum absolute atomic E-state index is 0.129. The summed E-state index contributed by atoms with van der Waals surface area (Å²) < 4.78 is 26.4. The second-order valence-electron chi connectivity index (χ2n) is 4.54. The summed E-state index contributed by atoms with van der Waals surface area (Å²) in [6, 6.07) is 3.32. The first-order valence-electron chi connectivity index (χ1n) is 6.00. The Morgan fingerprint density at radius 2 is 2.20 bits per heavy atom. The van der Waals surface area contributed by atoms with E-state index in [0.717, 1.165) is 6.07 Å². The number of rotatable bonds is 3. The average Bonchev–Trinajstić information content (AvgIpc) is 2.38. The van der Waals surface area contributed by atoms with Crippen LogP contribution >= 0.6 is 11.6 Å². The van der Waals surface area contributed by atoms with Gasteiger partial charge in [0, 0.05) is 36.8 Å². The van der Waals surface area contributed by atoms with Crippen LogP contribution in [0.15, 0.2) is 23.1 Å². The van der Waals surface area contributed by atoms with E-state index < -0.39 is 20.6 Å². The molecule has 20 heavy (non-hydrogen) atoms. The molecule has 1 atom stereocenters. The molecule has 1 saturated heterocycles. The number of nitrogens with one attached hydrogen (secondary N) is 1. The van der Waals surface area contributed by atoms with Crippen molar-refractivity contribution in [2.24, 2.45) is 0 Å². The summed E-state index contributed by atoms with van der Waals surface area (Å²) in [6.07, 6.45) is 0. The van der Waals surface area contributed by atoms with E-state index in [1.807, 2.05) is 0 Å². The maximum atomic E-state index is 12.6. The molecule has 2 rings (SSSR count). The molecule has 0 unspecified atom stereocenters. The molecule has 1 aliphatic heterocycles. The number of nitro benzene ring substituents is 1. The van der Waals surface area contributed by atoms with E-state index in [2.05, 4.69) is 5.32 Å². The minimum Gasteiger partial charge on any atom is -0.314 e. The number of sulfonamides is 1. The normalized spacial score (nSPS) is 20.8. The van der Waals surface area contributed by atoms with E-state index in [4.69, 9.17) is 11.6 Å². The number of piperazine rings is 1. The van der Waals surface area contributed by atoms with Crippen LogP contribution in [0.3, 0.4) is 0 Å². The van der Waals surface area contributed by atoms with Gasteiger partial charge in [-0.05, 0) is 19.1 Å². The first kappa shape index (κ1) is 15.2. The summed E-state index contributed by atoms with van der Waals surface area (Å²) in [5.41, 5.74) is -0.497. The fourth-order valence-corrected chi connectivity index (χ4v) is 4.09. The number of halogens is 1. The van der Waals surface area contributed by atoms with Crippen molar-refractivity contribution in [2.75, 3.05) is 19.6 Å². The van der Waals surface area contributed by atoms with Gasteiger partial charge in [0.1, 0.15) is 0 Å². The van der Waals surface area contributed by atoms with Gasteiger partial charge in [0.15, 0.2) is 4.90 Å². The third kappa shape index (κ3) is 2.78. The van der Waals surface area contributed by atoms with Gasteiger partial charge in [-0.25, -0.2) is 8.42 Å². The molecule has 0 spiro atoms. The lowest BCUT2D eigenvalue weighted by atomic mass is 10.3. The Morgan fingerprint density at radius 1 is 1.50 bits per heavy atom. The number of nitro groups is 1. The third-order valence-electron chi connectivity index (χ3n) is 3.14. The van der Waals surface area contributed by atoms with Crippen molar-refractivity contribution < 1.29 is 13.3 Å². The van der Waals surface area contributed by atoms with Crippen LogP contribution in [0.4, 0.5) is 5.69 Å². The lowest BCUT2D eigenvalue weighted by Crippen LogP contribution is -2.52. The van der Waals surface area contributed by atoms with Gasteiger partial charge >= 0.3 is 0 Å². The Balaban J connectivity index is 2.51. The molecule has 0 amide bonds. The molecule has 0 aliphatic carbocycles. The van der Waals surface area contributed by atoms with Gasteiger partial charge in [0.25, 0.3) is 5.69 Å². The van der Waals surface area contributed by atoms with Gasteiger partial charge in [0.05, 0.1) is 4.92 Å². The molecule has 1 aromatic rings. The summed E-state index contributed by atoms with van der Waals surface area (Å²) in [5.74, 6) is 0. The maximum Gasteiger partial charge on any atom is 0.290 e. The third-order valence-corrected chi connectivity index (χ3v) is 5.44. The monoisotopic (exact) mass is 319 g/mol. The van der Waals surface area contributed by atoms with Crippen LogP contribution in [-0.2, 0) is 10.0 Å². The number of hydrogen-bond acceptors (Lipinski definition) is 5. The molecule has 1 N–H and O–H groups in total. The van der Waals surface area contributed by atoms with Gasteiger partial charge in [0.2, 0.25) is 10.0 Å². The first-order valence-corrected chi connectivity index (χ1v) is 7.82. The Hall–Kier alpha value is -1.22. The van der Waals surface area contributed by atoms with Crippen LogP contribution < -0.4 is 5.32 Å². The van der Waals surface area contributed by atoms with Crippen molar-refractivity contribution in [3.8, 4) is 0 Å². The van der Waals surface area contributed by atoms with Crippen molar-refractivity contribution in [1.82, 2.24) is 9.62 Å². The Kier molecular flexibility index (Phi) is 4.28. The van der Waals surface area contributed by atoms with Crippen LogP contribution in [-0.4, -0.2) is 43.3 Å². The second kappa shape index (κ2) is 5.65. The van der Waals surface area contributed by atoms with E-state index in [9.17, 15) is 18.5 Å².